The number of aryl methyl sites for hydroxylation is 2. The Morgan fingerprint density at radius 3 is 2.45 bits per heavy atom. The molecule has 112 valence electrons. The van der Waals surface area contributed by atoms with Gasteiger partial charge in [-0.15, -0.1) is 0 Å². The third kappa shape index (κ3) is 1.80. The molecule has 2 aromatic carbocycles. The minimum Gasteiger partial charge on any atom is -0.858 e. The number of rotatable bonds is 1. The average Bonchev–Trinajstić information content (AvgIpc) is 2.80. The first-order chi connectivity index (χ1) is 10.7. The smallest absolute Gasteiger partial charge is 0.0650 e. The summed E-state index contributed by atoms with van der Waals surface area (Å²) in [4.78, 5) is 0. The van der Waals surface area contributed by atoms with Gasteiger partial charge < -0.3 is 5.11 Å². The lowest BCUT2D eigenvalue weighted by atomic mass is 10.0. The zero-order valence-electron chi connectivity index (χ0n) is 12.2. The highest BCUT2D eigenvalue weighted by atomic mass is 16.6. The van der Waals surface area contributed by atoms with Gasteiger partial charge in [0.1, 0.15) is 0 Å². The number of nitrogens with zero attached hydrogens (tertiary/aromatic N) is 3. The maximum absolute atomic E-state index is 12.7. The Bertz CT molecular complexity index is 755. The summed E-state index contributed by atoms with van der Waals surface area (Å²) < 4.78 is 0. The van der Waals surface area contributed by atoms with Crippen LogP contribution < -0.4 is 15.1 Å². The molecule has 2 aliphatic heterocycles. The molecule has 22 heavy (non-hydrogen) atoms. The minimum absolute atomic E-state index is 0.180. The number of hydrogen-bond acceptors (Lipinski definition) is 5. The van der Waals surface area contributed by atoms with Crippen LogP contribution in [0.1, 0.15) is 17.5 Å². The van der Waals surface area contributed by atoms with Gasteiger partial charge in [-0.25, -0.2) is 10.0 Å². The SMILES string of the molecule is Cc1ccc(N2C([O-])=C3CCc4ccccc4N3N2O)cc1. The Hall–Kier alpha value is -2.50. The van der Waals surface area contributed by atoms with Crippen molar-refractivity contribution in [1.29, 1.82) is 0 Å². The molecule has 0 spiro atoms. The van der Waals surface area contributed by atoms with Gasteiger partial charge in [-0.2, -0.15) is 0 Å². The van der Waals surface area contributed by atoms with E-state index >= 15 is 0 Å². The van der Waals surface area contributed by atoms with Crippen LogP contribution in [0, 0.1) is 6.92 Å². The van der Waals surface area contributed by atoms with Gasteiger partial charge in [-0.3, -0.25) is 5.21 Å². The second-order valence-electron chi connectivity index (χ2n) is 5.61. The molecule has 2 heterocycles. The fourth-order valence-corrected chi connectivity index (χ4v) is 3.03. The highest BCUT2D eigenvalue weighted by Gasteiger charge is 2.36. The Kier molecular flexibility index (Phi) is 2.85. The Balaban J connectivity index is 1.80. The van der Waals surface area contributed by atoms with E-state index in [4.69, 9.17) is 0 Å². The van der Waals surface area contributed by atoms with E-state index in [2.05, 4.69) is 0 Å². The molecule has 0 saturated carbocycles. The second-order valence-corrected chi connectivity index (χ2v) is 5.61. The number of hydrazine groups is 2. The molecule has 0 bridgehead atoms. The summed E-state index contributed by atoms with van der Waals surface area (Å²) in [6.45, 7) is 1.99. The number of anilines is 2. The van der Waals surface area contributed by atoms with E-state index in [-0.39, 0.29) is 5.88 Å². The zero-order valence-corrected chi connectivity index (χ0v) is 12.2. The summed E-state index contributed by atoms with van der Waals surface area (Å²) >= 11 is 0. The van der Waals surface area contributed by atoms with Gasteiger partial charge >= 0.3 is 0 Å². The number of allylic oxidation sites excluding steroid dienone is 1. The van der Waals surface area contributed by atoms with E-state index in [1.54, 1.807) is 5.01 Å². The normalized spacial score (nSPS) is 17.7. The van der Waals surface area contributed by atoms with E-state index in [1.807, 2.05) is 55.5 Å². The van der Waals surface area contributed by atoms with Crippen molar-refractivity contribution < 1.29 is 10.3 Å². The molecule has 2 aliphatic rings. The molecule has 1 N–H and O–H groups in total. The van der Waals surface area contributed by atoms with Crippen molar-refractivity contribution in [3.05, 3.63) is 71.2 Å². The van der Waals surface area contributed by atoms with Crippen molar-refractivity contribution in [2.45, 2.75) is 19.8 Å². The lowest BCUT2D eigenvalue weighted by Crippen LogP contribution is -2.46. The Morgan fingerprint density at radius 2 is 1.68 bits per heavy atom. The largest absolute Gasteiger partial charge is 0.858 e. The van der Waals surface area contributed by atoms with E-state index in [0.29, 0.717) is 17.8 Å². The summed E-state index contributed by atoms with van der Waals surface area (Å²) in [5.41, 5.74) is 4.34. The molecule has 0 aliphatic carbocycles. The lowest BCUT2D eigenvalue weighted by molar-refractivity contribution is -0.314. The van der Waals surface area contributed by atoms with Crippen LogP contribution >= 0.6 is 0 Å². The summed E-state index contributed by atoms with van der Waals surface area (Å²) in [6.07, 6.45) is 1.43. The van der Waals surface area contributed by atoms with Crippen LogP contribution in [0.3, 0.4) is 0 Å². The molecule has 0 atom stereocenters. The summed E-state index contributed by atoms with van der Waals surface area (Å²) in [7, 11) is 0. The first kappa shape index (κ1) is 13.2. The van der Waals surface area contributed by atoms with Crippen LogP contribution in [0.2, 0.25) is 0 Å². The van der Waals surface area contributed by atoms with Crippen LogP contribution in [0.25, 0.3) is 0 Å². The Labute approximate surface area is 128 Å². The number of para-hydroxylation sites is 1. The zero-order chi connectivity index (χ0) is 15.3. The molecular weight excluding hydrogens is 278 g/mol. The average molecular weight is 294 g/mol. The molecule has 0 fully saturated rings. The van der Waals surface area contributed by atoms with E-state index < -0.39 is 0 Å². The topological polar surface area (TPSA) is 53.0 Å². The fraction of sp³-hybridized carbons (Fsp3) is 0.176. The van der Waals surface area contributed by atoms with Crippen LogP contribution in [0.4, 0.5) is 11.4 Å². The van der Waals surface area contributed by atoms with Crippen molar-refractivity contribution in [2.75, 3.05) is 10.0 Å². The molecule has 5 heteroatoms. The standard InChI is InChI=1S/C17H17N3O2/c1-12-6-9-14(10-7-12)18-17(21)16-11-8-13-4-2-3-5-15(13)19(16)20(18)22/h2-7,9-10,21-22H,8,11H2,1H3/p-1. The highest BCUT2D eigenvalue weighted by Crippen LogP contribution is 2.40. The van der Waals surface area contributed by atoms with Crippen molar-refractivity contribution in [3.63, 3.8) is 0 Å². The molecular formula is C17H16N3O2-. The number of hydrogen-bond donors (Lipinski definition) is 1. The quantitative estimate of drug-likeness (QED) is 0.875. The van der Waals surface area contributed by atoms with Gasteiger partial charge in [-0.05, 0) is 43.5 Å². The maximum atomic E-state index is 12.7. The van der Waals surface area contributed by atoms with Crippen LogP contribution in [0.15, 0.2) is 60.1 Å². The van der Waals surface area contributed by atoms with Crippen LogP contribution in [0.5, 0.6) is 0 Å². The summed E-state index contributed by atoms with van der Waals surface area (Å²) in [5.74, 6) is -0.180. The van der Waals surface area contributed by atoms with E-state index in [1.165, 1.54) is 5.01 Å². The van der Waals surface area contributed by atoms with Crippen LogP contribution in [-0.2, 0) is 6.42 Å². The van der Waals surface area contributed by atoms with Crippen LogP contribution in [-0.4, -0.2) is 10.5 Å². The first-order valence-corrected chi connectivity index (χ1v) is 7.30. The fourth-order valence-electron chi connectivity index (χ4n) is 3.03. The highest BCUT2D eigenvalue weighted by molar-refractivity contribution is 5.65. The number of fused-ring (bicyclic) bond motifs is 3. The van der Waals surface area contributed by atoms with E-state index in [0.717, 1.165) is 28.5 Å². The van der Waals surface area contributed by atoms with Crippen molar-refractivity contribution in [2.24, 2.45) is 0 Å². The second kappa shape index (κ2) is 4.76. The van der Waals surface area contributed by atoms with Crippen molar-refractivity contribution in [3.8, 4) is 0 Å². The van der Waals surface area contributed by atoms with Gasteiger partial charge in [0.25, 0.3) is 0 Å². The number of benzene rings is 2. The molecule has 0 amide bonds. The van der Waals surface area contributed by atoms with Crippen molar-refractivity contribution in [1.82, 2.24) is 5.28 Å². The van der Waals surface area contributed by atoms with E-state index in [9.17, 15) is 10.3 Å². The molecule has 0 saturated heterocycles. The molecule has 5 nitrogen and oxygen atoms in total. The summed E-state index contributed by atoms with van der Waals surface area (Å²) in [5, 5.41) is 27.1. The van der Waals surface area contributed by atoms with Gasteiger partial charge in [0, 0.05) is 11.2 Å². The molecule has 0 aromatic heterocycles. The van der Waals surface area contributed by atoms with Crippen molar-refractivity contribution >= 4 is 11.4 Å². The summed E-state index contributed by atoms with van der Waals surface area (Å²) in [6, 6.07) is 15.3. The lowest BCUT2D eigenvalue weighted by Gasteiger charge is -2.35. The van der Waals surface area contributed by atoms with Gasteiger partial charge in [0.2, 0.25) is 0 Å². The molecule has 4 rings (SSSR count). The third-order valence-electron chi connectivity index (χ3n) is 4.18. The molecule has 0 unspecified atom stereocenters. The monoisotopic (exact) mass is 294 g/mol. The maximum Gasteiger partial charge on any atom is 0.0650 e. The van der Waals surface area contributed by atoms with Gasteiger partial charge in [0.05, 0.1) is 17.1 Å². The third-order valence-corrected chi connectivity index (χ3v) is 4.18. The molecule has 2 aromatic rings. The predicted molar refractivity (Wildman–Crippen MR) is 81.6 cm³/mol. The first-order valence-electron chi connectivity index (χ1n) is 7.30. The minimum atomic E-state index is -0.180. The van der Waals surface area contributed by atoms with Gasteiger partial charge in [-0.1, -0.05) is 35.9 Å². The predicted octanol–water partition coefficient (Wildman–Crippen LogP) is 2.32. The van der Waals surface area contributed by atoms with Gasteiger partial charge in [0.15, 0.2) is 0 Å². The molecule has 0 radical (unpaired) electrons. The Morgan fingerprint density at radius 1 is 0.955 bits per heavy atom.